The van der Waals surface area contributed by atoms with Crippen molar-refractivity contribution >= 4 is 17.6 Å². The highest BCUT2D eigenvalue weighted by Gasteiger charge is 2.23. The Kier molecular flexibility index (Phi) is 6.51. The minimum Gasteiger partial charge on any atom is -0.497 e. The first-order valence-corrected chi connectivity index (χ1v) is 10.5. The second kappa shape index (κ2) is 9.83. The monoisotopic (exact) mass is 437 g/mol. The fourth-order valence-corrected chi connectivity index (χ4v) is 3.76. The minimum absolute atomic E-state index is 0.150. The lowest BCUT2D eigenvalue weighted by molar-refractivity contribution is 0.0697. The zero-order chi connectivity index (χ0) is 23.2. The van der Waals surface area contributed by atoms with Crippen molar-refractivity contribution in [1.29, 1.82) is 0 Å². The molecular weight excluding hydrogens is 414 g/mol. The molecule has 4 aromatic carbocycles. The molecule has 0 heterocycles. The molecule has 0 unspecified atom stereocenters. The predicted molar refractivity (Wildman–Crippen MR) is 129 cm³/mol. The number of anilines is 1. The van der Waals surface area contributed by atoms with Crippen LogP contribution in [0, 0.1) is 0 Å². The summed E-state index contributed by atoms with van der Waals surface area (Å²) < 4.78 is 5.27. The van der Waals surface area contributed by atoms with Crippen molar-refractivity contribution < 1.29 is 19.4 Å². The largest absolute Gasteiger partial charge is 0.497 e. The van der Waals surface area contributed by atoms with Gasteiger partial charge in [-0.15, -0.1) is 0 Å². The number of carboxylic acid groups (broad SMARTS) is 1. The fraction of sp³-hybridized carbons (Fsp3) is 0.0714. The van der Waals surface area contributed by atoms with Gasteiger partial charge in [-0.1, -0.05) is 66.7 Å². The van der Waals surface area contributed by atoms with Crippen LogP contribution in [0.4, 0.5) is 5.69 Å². The van der Waals surface area contributed by atoms with Crippen LogP contribution in [0.3, 0.4) is 0 Å². The highest BCUT2D eigenvalue weighted by atomic mass is 16.5. The molecule has 1 N–H and O–H groups in total. The Balaban J connectivity index is 1.81. The molecule has 4 aromatic rings. The topological polar surface area (TPSA) is 66.8 Å². The SMILES string of the molecule is COc1ccc(N(Cc2ccccc2)C(=O)c2ccccc2-c2ccccc2C(=O)O)cc1. The van der Waals surface area contributed by atoms with Gasteiger partial charge in [0.2, 0.25) is 0 Å². The van der Waals surface area contributed by atoms with Crippen LogP contribution in [0.2, 0.25) is 0 Å². The van der Waals surface area contributed by atoms with Crippen molar-refractivity contribution in [3.05, 3.63) is 120 Å². The van der Waals surface area contributed by atoms with Gasteiger partial charge in [-0.3, -0.25) is 4.79 Å². The van der Waals surface area contributed by atoms with E-state index in [4.69, 9.17) is 4.74 Å². The average Bonchev–Trinajstić information content (AvgIpc) is 2.87. The number of amides is 1. The van der Waals surface area contributed by atoms with Crippen LogP contribution in [0.5, 0.6) is 5.75 Å². The highest BCUT2D eigenvalue weighted by molar-refractivity contribution is 6.11. The number of nitrogens with zero attached hydrogens (tertiary/aromatic N) is 1. The van der Waals surface area contributed by atoms with E-state index in [0.717, 1.165) is 5.56 Å². The Bertz CT molecular complexity index is 1270. The van der Waals surface area contributed by atoms with Crippen LogP contribution < -0.4 is 9.64 Å². The number of aromatic carboxylic acids is 1. The standard InChI is InChI=1S/C28H23NO4/c1-33-22-17-15-21(16-18-22)29(19-20-9-3-2-4-10-20)27(30)25-13-7-5-11-23(25)24-12-6-8-14-26(24)28(31)32/h2-18H,19H2,1H3,(H,31,32). The molecule has 5 heteroatoms. The van der Waals surface area contributed by atoms with Gasteiger partial charge in [0.25, 0.3) is 5.91 Å². The van der Waals surface area contributed by atoms with E-state index in [0.29, 0.717) is 34.7 Å². The molecule has 0 atom stereocenters. The zero-order valence-corrected chi connectivity index (χ0v) is 18.1. The lowest BCUT2D eigenvalue weighted by Crippen LogP contribution is -2.31. The normalized spacial score (nSPS) is 10.5. The summed E-state index contributed by atoms with van der Waals surface area (Å²) in [6.45, 7) is 0.362. The van der Waals surface area contributed by atoms with Crippen LogP contribution in [0.1, 0.15) is 26.3 Å². The number of carboxylic acids is 1. The Morgan fingerprint density at radius 2 is 1.27 bits per heavy atom. The quantitative estimate of drug-likeness (QED) is 0.390. The third kappa shape index (κ3) is 4.77. The Morgan fingerprint density at radius 3 is 1.88 bits per heavy atom. The molecule has 0 saturated carbocycles. The molecule has 0 aliphatic rings. The first kappa shape index (κ1) is 21.8. The second-order valence-corrected chi connectivity index (χ2v) is 7.47. The van der Waals surface area contributed by atoms with E-state index < -0.39 is 5.97 Å². The second-order valence-electron chi connectivity index (χ2n) is 7.47. The molecule has 5 nitrogen and oxygen atoms in total. The number of methoxy groups -OCH3 is 1. The molecule has 0 saturated heterocycles. The maximum Gasteiger partial charge on any atom is 0.336 e. The van der Waals surface area contributed by atoms with Crippen molar-refractivity contribution in [3.8, 4) is 16.9 Å². The van der Waals surface area contributed by atoms with E-state index in [1.54, 1.807) is 60.5 Å². The molecule has 33 heavy (non-hydrogen) atoms. The van der Waals surface area contributed by atoms with E-state index >= 15 is 0 Å². The van der Waals surface area contributed by atoms with Crippen molar-refractivity contribution in [2.45, 2.75) is 6.54 Å². The van der Waals surface area contributed by atoms with Gasteiger partial charge in [0.15, 0.2) is 0 Å². The van der Waals surface area contributed by atoms with E-state index in [2.05, 4.69) is 0 Å². The average molecular weight is 437 g/mol. The summed E-state index contributed by atoms with van der Waals surface area (Å²) in [5, 5.41) is 9.68. The third-order valence-electron chi connectivity index (χ3n) is 5.42. The van der Waals surface area contributed by atoms with Crippen LogP contribution in [0.25, 0.3) is 11.1 Å². The molecule has 1 amide bonds. The number of hydrogen-bond donors (Lipinski definition) is 1. The van der Waals surface area contributed by atoms with E-state index in [1.807, 2.05) is 54.6 Å². The minimum atomic E-state index is -1.04. The molecular formula is C28H23NO4. The number of carbonyl (C=O) groups is 2. The van der Waals surface area contributed by atoms with Crippen molar-refractivity contribution in [2.75, 3.05) is 12.0 Å². The van der Waals surface area contributed by atoms with Gasteiger partial charge in [-0.25, -0.2) is 4.79 Å². The molecule has 0 aromatic heterocycles. The van der Waals surface area contributed by atoms with Crippen LogP contribution in [0.15, 0.2) is 103 Å². The summed E-state index contributed by atoms with van der Waals surface area (Å²) in [4.78, 5) is 27.4. The summed E-state index contributed by atoms with van der Waals surface area (Å²) in [7, 11) is 1.60. The van der Waals surface area contributed by atoms with E-state index in [9.17, 15) is 14.7 Å². The highest BCUT2D eigenvalue weighted by Crippen LogP contribution is 2.30. The van der Waals surface area contributed by atoms with Crippen LogP contribution in [-0.2, 0) is 6.54 Å². The van der Waals surface area contributed by atoms with Gasteiger partial charge in [0, 0.05) is 11.3 Å². The van der Waals surface area contributed by atoms with Crippen LogP contribution in [-0.4, -0.2) is 24.1 Å². The lowest BCUT2D eigenvalue weighted by Gasteiger charge is -2.25. The van der Waals surface area contributed by atoms with Gasteiger partial charge in [-0.2, -0.15) is 0 Å². The van der Waals surface area contributed by atoms with Gasteiger partial charge in [0.05, 0.1) is 19.2 Å². The molecule has 164 valence electrons. The van der Waals surface area contributed by atoms with Gasteiger partial charge in [-0.05, 0) is 53.1 Å². The molecule has 4 rings (SSSR count). The van der Waals surface area contributed by atoms with Gasteiger partial charge in [0.1, 0.15) is 5.75 Å². The molecule has 0 aliphatic heterocycles. The number of carbonyl (C=O) groups excluding carboxylic acids is 1. The summed E-state index contributed by atoms with van der Waals surface area (Å²) in [6, 6.07) is 30.9. The summed E-state index contributed by atoms with van der Waals surface area (Å²) in [6.07, 6.45) is 0. The first-order valence-electron chi connectivity index (χ1n) is 10.5. The van der Waals surface area contributed by atoms with Crippen molar-refractivity contribution in [3.63, 3.8) is 0 Å². The third-order valence-corrected chi connectivity index (χ3v) is 5.42. The maximum atomic E-state index is 13.9. The Labute approximate surface area is 192 Å². The molecule has 0 bridgehead atoms. The number of hydrogen-bond acceptors (Lipinski definition) is 3. The van der Waals surface area contributed by atoms with E-state index in [-0.39, 0.29) is 11.5 Å². The lowest BCUT2D eigenvalue weighted by atomic mass is 9.94. The van der Waals surface area contributed by atoms with Gasteiger partial charge >= 0.3 is 5.97 Å². The van der Waals surface area contributed by atoms with Crippen molar-refractivity contribution in [2.24, 2.45) is 0 Å². The number of rotatable bonds is 7. The fourth-order valence-electron chi connectivity index (χ4n) is 3.76. The summed E-state index contributed by atoms with van der Waals surface area (Å²) in [5.41, 5.74) is 3.35. The zero-order valence-electron chi connectivity index (χ0n) is 18.1. The van der Waals surface area contributed by atoms with E-state index in [1.165, 1.54) is 0 Å². The molecule has 0 aliphatic carbocycles. The smallest absolute Gasteiger partial charge is 0.336 e. The maximum absolute atomic E-state index is 13.9. The number of benzene rings is 4. The predicted octanol–water partition coefficient (Wildman–Crippen LogP) is 5.91. The van der Waals surface area contributed by atoms with Gasteiger partial charge < -0.3 is 14.7 Å². The molecule has 0 fully saturated rings. The van der Waals surface area contributed by atoms with Crippen LogP contribution >= 0.6 is 0 Å². The Morgan fingerprint density at radius 1 is 0.727 bits per heavy atom. The first-order chi connectivity index (χ1) is 16.1. The van der Waals surface area contributed by atoms with Crippen molar-refractivity contribution in [1.82, 2.24) is 0 Å². The molecule has 0 spiro atoms. The Hall–Kier alpha value is -4.38. The summed E-state index contributed by atoms with van der Waals surface area (Å²) >= 11 is 0. The number of ether oxygens (including phenoxy) is 1. The summed E-state index contributed by atoms with van der Waals surface area (Å²) in [5.74, 6) is -0.564. The molecule has 0 radical (unpaired) electrons.